The van der Waals surface area contributed by atoms with E-state index in [-0.39, 0.29) is 11.5 Å². The molecular formula is C19H25ClN2O3S. The summed E-state index contributed by atoms with van der Waals surface area (Å²) in [6.07, 6.45) is 0. The molecule has 0 unspecified atom stereocenters. The maximum atomic E-state index is 13.1. The monoisotopic (exact) mass is 396 g/mol. The molecule has 1 amide bonds. The zero-order chi connectivity index (χ0) is 19.6. The Morgan fingerprint density at radius 2 is 1.85 bits per heavy atom. The molecule has 0 aliphatic carbocycles. The van der Waals surface area contributed by atoms with Crippen LogP contribution in [0.4, 0.5) is 10.5 Å². The standard InChI is InChI=1S/C19H25ClN2O3S/c1-7-26-15-16(19(4,5)6)25-22(17(15)23)18(24)21(12(2)3)14-10-8-13(20)9-11-14/h8-12H,7H2,1-6H3. The highest BCUT2D eigenvalue weighted by atomic mass is 35.5. The molecule has 0 fully saturated rings. The molecule has 0 saturated heterocycles. The number of benzene rings is 1. The molecule has 142 valence electrons. The summed E-state index contributed by atoms with van der Waals surface area (Å²) in [6.45, 7) is 11.6. The third-order valence-electron chi connectivity index (χ3n) is 3.74. The summed E-state index contributed by atoms with van der Waals surface area (Å²) in [5, 5.41) is 0.580. The molecule has 5 nitrogen and oxygen atoms in total. The van der Waals surface area contributed by atoms with Crippen molar-refractivity contribution in [2.75, 3.05) is 10.7 Å². The molecule has 1 aromatic carbocycles. The minimum absolute atomic E-state index is 0.166. The molecule has 0 N–H and O–H groups in total. The molecule has 26 heavy (non-hydrogen) atoms. The number of carbonyl (C=O) groups excluding carboxylic acids is 1. The molecule has 0 aliphatic rings. The first kappa shape index (κ1) is 20.6. The average Bonchev–Trinajstić information content (AvgIpc) is 2.87. The fourth-order valence-electron chi connectivity index (χ4n) is 2.57. The predicted molar refractivity (Wildman–Crippen MR) is 108 cm³/mol. The lowest BCUT2D eigenvalue weighted by Gasteiger charge is -2.26. The van der Waals surface area contributed by atoms with Gasteiger partial charge in [0.2, 0.25) is 0 Å². The summed E-state index contributed by atoms with van der Waals surface area (Å²) in [6, 6.07) is 6.25. The van der Waals surface area contributed by atoms with Crippen molar-refractivity contribution in [3.63, 3.8) is 0 Å². The molecule has 7 heteroatoms. The van der Waals surface area contributed by atoms with E-state index >= 15 is 0 Å². The van der Waals surface area contributed by atoms with Gasteiger partial charge in [-0.3, -0.25) is 9.69 Å². The van der Waals surface area contributed by atoms with Crippen LogP contribution < -0.4 is 10.5 Å². The van der Waals surface area contributed by atoms with Crippen LogP contribution in [0.2, 0.25) is 5.02 Å². The second kappa shape index (κ2) is 7.92. The Morgan fingerprint density at radius 1 is 1.27 bits per heavy atom. The maximum absolute atomic E-state index is 13.1. The molecular weight excluding hydrogens is 372 g/mol. The number of hydrogen-bond donors (Lipinski definition) is 0. The van der Waals surface area contributed by atoms with Gasteiger partial charge in [-0.25, -0.2) is 4.79 Å². The van der Waals surface area contributed by atoms with Crippen molar-refractivity contribution in [3.8, 4) is 0 Å². The quantitative estimate of drug-likeness (QED) is 0.650. The smallest absolute Gasteiger partial charge is 0.365 e. The molecule has 0 radical (unpaired) electrons. The zero-order valence-electron chi connectivity index (χ0n) is 16.0. The van der Waals surface area contributed by atoms with Crippen LogP contribution in [0.15, 0.2) is 38.5 Å². The summed E-state index contributed by atoms with van der Waals surface area (Å²) in [7, 11) is 0. The summed E-state index contributed by atoms with van der Waals surface area (Å²) < 4.78 is 6.64. The number of carbonyl (C=O) groups is 1. The molecule has 0 saturated carbocycles. The van der Waals surface area contributed by atoms with E-state index in [0.717, 1.165) is 10.5 Å². The van der Waals surface area contributed by atoms with Crippen LogP contribution in [0.5, 0.6) is 0 Å². The van der Waals surface area contributed by atoms with E-state index in [1.54, 1.807) is 24.3 Å². The first-order valence-corrected chi connectivity index (χ1v) is 9.93. The normalized spacial score (nSPS) is 11.8. The van der Waals surface area contributed by atoms with E-state index in [2.05, 4.69) is 0 Å². The lowest BCUT2D eigenvalue weighted by atomic mass is 9.93. The summed E-state index contributed by atoms with van der Waals surface area (Å²) >= 11 is 7.34. The van der Waals surface area contributed by atoms with Gasteiger partial charge in [0.15, 0.2) is 5.76 Å². The third kappa shape index (κ3) is 4.18. The van der Waals surface area contributed by atoms with Crippen LogP contribution >= 0.6 is 23.4 Å². The number of thioether (sulfide) groups is 1. The van der Waals surface area contributed by atoms with E-state index < -0.39 is 11.6 Å². The molecule has 2 rings (SSSR count). The van der Waals surface area contributed by atoms with Crippen molar-refractivity contribution >= 4 is 35.1 Å². The van der Waals surface area contributed by atoms with Crippen LogP contribution in [0.25, 0.3) is 0 Å². The first-order valence-electron chi connectivity index (χ1n) is 8.56. The molecule has 0 aliphatic heterocycles. The van der Waals surface area contributed by atoms with Gasteiger partial charge in [0, 0.05) is 22.2 Å². The molecule has 0 atom stereocenters. The van der Waals surface area contributed by atoms with Gasteiger partial charge in [-0.1, -0.05) is 44.0 Å². The van der Waals surface area contributed by atoms with Crippen molar-refractivity contribution in [1.29, 1.82) is 0 Å². The van der Waals surface area contributed by atoms with Crippen LogP contribution in [-0.4, -0.2) is 22.6 Å². The van der Waals surface area contributed by atoms with Crippen LogP contribution in [0.3, 0.4) is 0 Å². The predicted octanol–water partition coefficient (Wildman–Crippen LogP) is 5.39. The lowest BCUT2D eigenvalue weighted by Crippen LogP contribution is -2.43. The van der Waals surface area contributed by atoms with E-state index in [4.69, 9.17) is 16.1 Å². The van der Waals surface area contributed by atoms with Gasteiger partial charge in [0.25, 0.3) is 0 Å². The highest BCUT2D eigenvalue weighted by Crippen LogP contribution is 2.31. The van der Waals surface area contributed by atoms with Crippen molar-refractivity contribution in [2.24, 2.45) is 0 Å². The Kier molecular flexibility index (Phi) is 6.29. The Labute approximate surface area is 163 Å². The van der Waals surface area contributed by atoms with Crippen LogP contribution in [0, 0.1) is 0 Å². The Balaban J connectivity index is 2.56. The van der Waals surface area contributed by atoms with Gasteiger partial charge in [-0.2, -0.15) is 0 Å². The second-order valence-corrected chi connectivity index (χ2v) is 8.97. The molecule has 2 aromatic rings. The number of hydrogen-bond acceptors (Lipinski definition) is 4. The number of amides is 1. The Morgan fingerprint density at radius 3 is 2.31 bits per heavy atom. The maximum Gasteiger partial charge on any atom is 0.365 e. The van der Waals surface area contributed by atoms with Gasteiger partial charge in [0.05, 0.1) is 0 Å². The van der Waals surface area contributed by atoms with E-state index in [0.29, 0.717) is 21.4 Å². The van der Waals surface area contributed by atoms with Crippen molar-refractivity contribution in [1.82, 2.24) is 4.74 Å². The first-order chi connectivity index (χ1) is 12.1. The largest absolute Gasteiger partial charge is 0.370 e. The van der Waals surface area contributed by atoms with E-state index in [9.17, 15) is 9.59 Å². The number of halogens is 1. The van der Waals surface area contributed by atoms with Crippen LogP contribution in [0.1, 0.15) is 47.3 Å². The zero-order valence-corrected chi connectivity index (χ0v) is 17.6. The van der Waals surface area contributed by atoms with Gasteiger partial charge >= 0.3 is 11.6 Å². The number of anilines is 1. The van der Waals surface area contributed by atoms with Gasteiger partial charge in [-0.05, 0) is 43.9 Å². The van der Waals surface area contributed by atoms with Crippen molar-refractivity contribution < 1.29 is 9.32 Å². The minimum Gasteiger partial charge on any atom is -0.370 e. The number of rotatable bonds is 4. The Hall–Kier alpha value is -1.66. The highest BCUT2D eigenvalue weighted by molar-refractivity contribution is 7.99. The van der Waals surface area contributed by atoms with Gasteiger partial charge in [0.1, 0.15) is 4.90 Å². The number of nitrogens with zero attached hydrogens (tertiary/aromatic N) is 2. The minimum atomic E-state index is -0.513. The second-order valence-electron chi connectivity index (χ2n) is 7.25. The molecule has 1 aromatic heterocycles. The third-order valence-corrected chi connectivity index (χ3v) is 4.93. The van der Waals surface area contributed by atoms with Crippen molar-refractivity contribution in [2.45, 2.75) is 57.9 Å². The van der Waals surface area contributed by atoms with Gasteiger partial charge in [-0.15, -0.1) is 11.8 Å². The number of aromatic nitrogens is 1. The topological polar surface area (TPSA) is 55.5 Å². The lowest BCUT2D eigenvalue weighted by molar-refractivity contribution is 0.201. The molecule has 0 bridgehead atoms. The van der Waals surface area contributed by atoms with Crippen LogP contribution in [-0.2, 0) is 5.41 Å². The van der Waals surface area contributed by atoms with E-state index in [1.165, 1.54) is 16.7 Å². The average molecular weight is 397 g/mol. The van der Waals surface area contributed by atoms with Gasteiger partial charge < -0.3 is 4.52 Å². The summed E-state index contributed by atoms with van der Waals surface area (Å²) in [5.74, 6) is 1.25. The molecule has 1 heterocycles. The van der Waals surface area contributed by atoms with E-state index in [1.807, 2.05) is 41.5 Å². The summed E-state index contributed by atoms with van der Waals surface area (Å²) in [4.78, 5) is 28.0. The fraction of sp³-hybridized carbons (Fsp3) is 0.474. The van der Waals surface area contributed by atoms with Crippen molar-refractivity contribution in [3.05, 3.63) is 45.4 Å². The summed E-state index contributed by atoms with van der Waals surface area (Å²) in [5.41, 5.74) is -0.142. The molecule has 0 spiro atoms. The highest BCUT2D eigenvalue weighted by Gasteiger charge is 2.32. The Bertz CT molecular complexity index is 832. The fourth-order valence-corrected chi connectivity index (χ4v) is 3.66. The SMILES string of the molecule is CCSc1c(C(C)(C)C)on(C(=O)N(c2ccc(Cl)cc2)C(C)C)c1=O.